The average molecular weight is 243 g/mol. The number of aromatic amines is 1. The lowest BCUT2D eigenvalue weighted by Crippen LogP contribution is -2.37. The average Bonchev–Trinajstić information content (AvgIpc) is 2.62. The molecule has 1 heterocycles. The summed E-state index contributed by atoms with van der Waals surface area (Å²) in [6, 6.07) is 7.98. The van der Waals surface area contributed by atoms with Crippen LogP contribution in [0, 0.1) is 16.1 Å². The van der Waals surface area contributed by atoms with Gasteiger partial charge in [0.05, 0.1) is 16.6 Å². The quantitative estimate of drug-likeness (QED) is 0.779. The minimum atomic E-state index is 0.128. The first-order valence-electron chi connectivity index (χ1n) is 5.80. The predicted octanol–water partition coefficient (Wildman–Crippen LogP) is 3.47. The van der Waals surface area contributed by atoms with Crippen molar-refractivity contribution in [2.75, 3.05) is 0 Å². The monoisotopic (exact) mass is 243 g/mol. The molecule has 0 atom stereocenters. The zero-order valence-electron chi connectivity index (χ0n) is 9.66. The van der Waals surface area contributed by atoms with Gasteiger partial charge in [0.1, 0.15) is 6.07 Å². The predicted molar refractivity (Wildman–Crippen MR) is 69.3 cm³/mol. The Bertz CT molecular complexity index is 683. The number of H-pyrrole nitrogens is 1. The van der Waals surface area contributed by atoms with E-state index >= 15 is 0 Å². The van der Waals surface area contributed by atoms with E-state index in [-0.39, 0.29) is 5.54 Å². The fraction of sp³-hybridized carbons (Fsp3) is 0.385. The van der Waals surface area contributed by atoms with Gasteiger partial charge in [-0.2, -0.15) is 5.26 Å². The Morgan fingerprint density at radius 3 is 2.82 bits per heavy atom. The van der Waals surface area contributed by atoms with Crippen LogP contribution in [0.3, 0.4) is 0 Å². The van der Waals surface area contributed by atoms with Crippen molar-refractivity contribution >= 4 is 23.3 Å². The Labute approximate surface area is 105 Å². The number of benzene rings is 1. The molecule has 0 radical (unpaired) electrons. The van der Waals surface area contributed by atoms with Gasteiger partial charge in [-0.3, -0.25) is 0 Å². The molecule has 4 heteroatoms. The van der Waals surface area contributed by atoms with Gasteiger partial charge in [0.2, 0.25) is 0 Å². The maximum absolute atomic E-state index is 9.10. The van der Waals surface area contributed by atoms with Crippen molar-refractivity contribution in [3.63, 3.8) is 0 Å². The van der Waals surface area contributed by atoms with Crippen molar-refractivity contribution in [1.82, 2.24) is 9.55 Å². The molecular weight excluding hydrogens is 230 g/mol. The number of para-hydroxylation sites is 1. The summed E-state index contributed by atoms with van der Waals surface area (Å²) < 4.78 is 2.91. The Hall–Kier alpha value is -1.60. The van der Waals surface area contributed by atoms with E-state index in [0.717, 1.165) is 28.6 Å². The maximum Gasteiger partial charge on any atom is 0.178 e. The topological polar surface area (TPSA) is 44.5 Å². The molecule has 1 aliphatic rings. The second-order valence-electron chi connectivity index (χ2n) is 4.93. The Morgan fingerprint density at radius 1 is 1.47 bits per heavy atom. The van der Waals surface area contributed by atoms with Crippen LogP contribution in [0.15, 0.2) is 18.2 Å². The zero-order valence-corrected chi connectivity index (χ0v) is 10.5. The molecule has 3 nitrogen and oxygen atoms in total. The highest BCUT2D eigenvalue weighted by molar-refractivity contribution is 7.71. The summed E-state index contributed by atoms with van der Waals surface area (Å²) in [6.07, 6.45) is 3.57. The highest BCUT2D eigenvalue weighted by atomic mass is 32.1. The maximum atomic E-state index is 9.10. The molecule has 0 aliphatic heterocycles. The number of hydrogen-bond donors (Lipinski definition) is 1. The fourth-order valence-corrected chi connectivity index (χ4v) is 3.09. The van der Waals surface area contributed by atoms with Gasteiger partial charge in [-0.05, 0) is 50.5 Å². The zero-order chi connectivity index (χ0) is 12.0. The molecule has 0 unspecified atom stereocenters. The van der Waals surface area contributed by atoms with Crippen molar-refractivity contribution in [2.45, 2.75) is 31.7 Å². The molecule has 2 aromatic rings. The SMILES string of the molecule is CC1(n2c(=S)[nH]c3c(C#N)cccc32)CCC1. The number of imidazole rings is 1. The van der Waals surface area contributed by atoms with Crippen LogP contribution < -0.4 is 0 Å². The van der Waals surface area contributed by atoms with Gasteiger partial charge >= 0.3 is 0 Å². The first-order chi connectivity index (χ1) is 8.15. The standard InChI is InChI=1S/C13H13N3S/c1-13(6-3-7-13)16-10-5-2-4-9(8-14)11(10)15-12(16)17/h2,4-5H,3,6-7H2,1H3,(H,15,17). The number of nitrogens with zero attached hydrogens (tertiary/aromatic N) is 2. The van der Waals surface area contributed by atoms with Crippen LogP contribution in [0.1, 0.15) is 31.7 Å². The van der Waals surface area contributed by atoms with Crippen LogP contribution in [-0.4, -0.2) is 9.55 Å². The first-order valence-corrected chi connectivity index (χ1v) is 6.21. The molecule has 3 rings (SSSR count). The van der Waals surface area contributed by atoms with Crippen LogP contribution in [0.25, 0.3) is 11.0 Å². The van der Waals surface area contributed by atoms with Gasteiger partial charge in [-0.1, -0.05) is 6.07 Å². The van der Waals surface area contributed by atoms with Crippen LogP contribution in [0.2, 0.25) is 0 Å². The highest BCUT2D eigenvalue weighted by Gasteiger charge is 2.35. The van der Waals surface area contributed by atoms with Gasteiger partial charge in [0.25, 0.3) is 0 Å². The summed E-state index contributed by atoms with van der Waals surface area (Å²) in [6.45, 7) is 2.23. The molecule has 0 amide bonds. The largest absolute Gasteiger partial charge is 0.329 e. The lowest BCUT2D eigenvalue weighted by molar-refractivity contribution is 0.172. The normalized spacial score (nSPS) is 17.6. The molecule has 1 saturated carbocycles. The summed E-state index contributed by atoms with van der Waals surface area (Å²) in [5.41, 5.74) is 2.71. The van der Waals surface area contributed by atoms with Crippen LogP contribution in [-0.2, 0) is 5.54 Å². The molecule has 1 aliphatic carbocycles. The van der Waals surface area contributed by atoms with Crippen molar-refractivity contribution in [3.05, 3.63) is 28.5 Å². The van der Waals surface area contributed by atoms with E-state index in [2.05, 4.69) is 22.5 Å². The van der Waals surface area contributed by atoms with E-state index in [0.29, 0.717) is 5.56 Å². The number of aromatic nitrogens is 2. The smallest absolute Gasteiger partial charge is 0.178 e. The summed E-state index contributed by atoms with van der Waals surface area (Å²) in [5.74, 6) is 0. The third kappa shape index (κ3) is 1.36. The van der Waals surface area contributed by atoms with Gasteiger partial charge in [-0.15, -0.1) is 0 Å². The summed E-state index contributed by atoms with van der Waals surface area (Å²) in [4.78, 5) is 3.18. The van der Waals surface area contributed by atoms with Crippen molar-refractivity contribution in [2.24, 2.45) is 0 Å². The second kappa shape index (κ2) is 3.44. The molecular formula is C13H13N3S. The molecule has 1 fully saturated rings. The van der Waals surface area contributed by atoms with Gasteiger partial charge in [0, 0.05) is 5.54 Å². The van der Waals surface area contributed by atoms with Gasteiger partial charge in [0.15, 0.2) is 4.77 Å². The van der Waals surface area contributed by atoms with Crippen molar-refractivity contribution in [3.8, 4) is 6.07 Å². The third-order valence-electron chi connectivity index (χ3n) is 3.81. The summed E-state index contributed by atoms with van der Waals surface area (Å²) in [5, 5.41) is 9.10. The van der Waals surface area contributed by atoms with Crippen LogP contribution >= 0.6 is 12.2 Å². The van der Waals surface area contributed by atoms with Crippen molar-refractivity contribution < 1.29 is 0 Å². The highest BCUT2D eigenvalue weighted by Crippen LogP contribution is 2.41. The van der Waals surface area contributed by atoms with E-state index < -0.39 is 0 Å². The molecule has 86 valence electrons. The van der Waals surface area contributed by atoms with E-state index in [1.165, 1.54) is 6.42 Å². The number of nitriles is 1. The molecule has 1 aromatic heterocycles. The minimum absolute atomic E-state index is 0.128. The Morgan fingerprint density at radius 2 is 2.24 bits per heavy atom. The summed E-state index contributed by atoms with van der Waals surface area (Å²) >= 11 is 5.41. The minimum Gasteiger partial charge on any atom is -0.329 e. The molecule has 1 aromatic carbocycles. The lowest BCUT2D eigenvalue weighted by Gasteiger charge is -2.40. The van der Waals surface area contributed by atoms with E-state index in [9.17, 15) is 0 Å². The number of rotatable bonds is 1. The molecule has 1 N–H and O–H groups in total. The van der Waals surface area contributed by atoms with Crippen molar-refractivity contribution in [1.29, 1.82) is 5.26 Å². The van der Waals surface area contributed by atoms with E-state index in [4.69, 9.17) is 17.5 Å². The fourth-order valence-electron chi connectivity index (χ4n) is 2.67. The lowest BCUT2D eigenvalue weighted by atomic mass is 9.78. The number of fused-ring (bicyclic) bond motifs is 1. The summed E-state index contributed by atoms with van der Waals surface area (Å²) in [7, 11) is 0. The number of hydrogen-bond acceptors (Lipinski definition) is 2. The Kier molecular flexibility index (Phi) is 2.14. The van der Waals surface area contributed by atoms with E-state index in [1.807, 2.05) is 18.2 Å². The molecule has 0 bridgehead atoms. The molecule has 0 saturated heterocycles. The third-order valence-corrected chi connectivity index (χ3v) is 4.09. The first kappa shape index (κ1) is 10.5. The van der Waals surface area contributed by atoms with Crippen LogP contribution in [0.4, 0.5) is 0 Å². The van der Waals surface area contributed by atoms with Gasteiger partial charge < -0.3 is 9.55 Å². The van der Waals surface area contributed by atoms with Gasteiger partial charge in [-0.25, -0.2) is 0 Å². The number of nitrogens with one attached hydrogen (secondary N) is 1. The van der Waals surface area contributed by atoms with Crippen LogP contribution in [0.5, 0.6) is 0 Å². The second-order valence-corrected chi connectivity index (χ2v) is 5.31. The Balaban J connectivity index is 2.37. The molecule has 17 heavy (non-hydrogen) atoms. The molecule has 0 spiro atoms. The van der Waals surface area contributed by atoms with E-state index in [1.54, 1.807) is 0 Å².